The number of halogens is 1. The van der Waals surface area contributed by atoms with Gasteiger partial charge in [-0.1, -0.05) is 11.6 Å². The van der Waals surface area contributed by atoms with E-state index in [2.05, 4.69) is 0 Å². The zero-order chi connectivity index (χ0) is 10.2. The first-order valence-electron chi connectivity index (χ1n) is 3.62. The zero-order valence-electron chi connectivity index (χ0n) is 7.33. The molecule has 0 aromatic heterocycles. The monoisotopic (exact) mass is 219 g/mol. The Labute approximate surface area is 82.6 Å². The second-order valence-electron chi connectivity index (χ2n) is 2.84. The van der Waals surface area contributed by atoms with E-state index in [9.17, 15) is 8.42 Å². The molecule has 0 saturated carbocycles. The lowest BCUT2D eigenvalue weighted by atomic mass is 10.1. The Balaban J connectivity index is 3.53. The van der Waals surface area contributed by atoms with Gasteiger partial charge < -0.3 is 0 Å². The van der Waals surface area contributed by atoms with Crippen LogP contribution in [0.2, 0.25) is 5.02 Å². The molecule has 0 heterocycles. The molecule has 0 aliphatic heterocycles. The minimum atomic E-state index is -3.63. The molecule has 13 heavy (non-hydrogen) atoms. The Hall–Kier alpha value is -0.580. The summed E-state index contributed by atoms with van der Waals surface area (Å²) in [4.78, 5) is 0.134. The molecule has 0 radical (unpaired) electrons. The topological polar surface area (TPSA) is 60.2 Å². The highest BCUT2D eigenvalue weighted by molar-refractivity contribution is 7.89. The van der Waals surface area contributed by atoms with Gasteiger partial charge in [0.1, 0.15) is 0 Å². The van der Waals surface area contributed by atoms with Gasteiger partial charge in [0.05, 0.1) is 4.90 Å². The molecule has 1 rings (SSSR count). The highest BCUT2D eigenvalue weighted by Gasteiger charge is 2.13. The molecular weight excluding hydrogens is 210 g/mol. The van der Waals surface area contributed by atoms with Crippen LogP contribution in [-0.4, -0.2) is 8.42 Å². The van der Waals surface area contributed by atoms with E-state index in [0.29, 0.717) is 10.6 Å². The maximum atomic E-state index is 11.1. The highest BCUT2D eigenvalue weighted by atomic mass is 35.5. The third-order valence-electron chi connectivity index (χ3n) is 1.98. The Morgan fingerprint density at radius 3 is 2.23 bits per heavy atom. The summed E-state index contributed by atoms with van der Waals surface area (Å²) in [7, 11) is -3.63. The van der Waals surface area contributed by atoms with E-state index in [-0.39, 0.29) is 4.90 Å². The second kappa shape index (κ2) is 3.29. The maximum Gasteiger partial charge on any atom is 0.238 e. The lowest BCUT2D eigenvalue weighted by molar-refractivity contribution is 0.597. The Morgan fingerprint density at radius 2 is 1.77 bits per heavy atom. The van der Waals surface area contributed by atoms with Crippen molar-refractivity contribution in [2.75, 3.05) is 0 Å². The normalized spacial score (nSPS) is 11.7. The molecule has 5 heteroatoms. The summed E-state index contributed by atoms with van der Waals surface area (Å²) in [6.07, 6.45) is 0. The van der Waals surface area contributed by atoms with Crippen LogP contribution in [0, 0.1) is 13.8 Å². The van der Waals surface area contributed by atoms with E-state index < -0.39 is 10.0 Å². The van der Waals surface area contributed by atoms with Crippen molar-refractivity contribution in [1.29, 1.82) is 0 Å². The van der Waals surface area contributed by atoms with E-state index in [0.717, 1.165) is 5.56 Å². The summed E-state index contributed by atoms with van der Waals surface area (Å²) in [5.74, 6) is 0. The largest absolute Gasteiger partial charge is 0.238 e. The number of rotatable bonds is 1. The second-order valence-corrected chi connectivity index (χ2v) is 4.78. The van der Waals surface area contributed by atoms with Crippen LogP contribution in [0.5, 0.6) is 0 Å². The molecule has 0 fully saturated rings. The molecule has 0 bridgehead atoms. The predicted molar refractivity (Wildman–Crippen MR) is 52.3 cm³/mol. The molecule has 2 N–H and O–H groups in total. The van der Waals surface area contributed by atoms with Crippen LogP contribution in [0.25, 0.3) is 0 Å². The van der Waals surface area contributed by atoms with Crippen molar-refractivity contribution in [3.63, 3.8) is 0 Å². The van der Waals surface area contributed by atoms with Crippen LogP contribution in [0.4, 0.5) is 0 Å². The van der Waals surface area contributed by atoms with Crippen molar-refractivity contribution < 1.29 is 8.42 Å². The molecule has 0 aliphatic carbocycles. The van der Waals surface area contributed by atoms with Gasteiger partial charge in [0.25, 0.3) is 0 Å². The minimum absolute atomic E-state index is 0.134. The van der Waals surface area contributed by atoms with Gasteiger partial charge in [-0.05, 0) is 37.1 Å². The van der Waals surface area contributed by atoms with Crippen LogP contribution in [0.15, 0.2) is 17.0 Å². The molecule has 0 spiro atoms. The number of nitrogens with two attached hydrogens (primary N) is 1. The first-order valence-corrected chi connectivity index (χ1v) is 5.55. The van der Waals surface area contributed by atoms with Crippen molar-refractivity contribution in [2.45, 2.75) is 18.7 Å². The molecule has 1 aromatic rings. The molecule has 1 aromatic carbocycles. The van der Waals surface area contributed by atoms with Crippen molar-refractivity contribution in [3.05, 3.63) is 28.3 Å². The Kier molecular flexibility index (Phi) is 2.66. The third kappa shape index (κ3) is 2.02. The number of primary sulfonamides is 1. The molecule has 0 unspecified atom stereocenters. The molecular formula is C8H10ClNO2S. The van der Waals surface area contributed by atoms with Crippen molar-refractivity contribution >= 4 is 21.6 Å². The molecule has 0 amide bonds. The average Bonchev–Trinajstić information content (AvgIpc) is 1.98. The van der Waals surface area contributed by atoms with Gasteiger partial charge in [-0.2, -0.15) is 0 Å². The van der Waals surface area contributed by atoms with Crippen LogP contribution < -0.4 is 5.14 Å². The van der Waals surface area contributed by atoms with E-state index in [4.69, 9.17) is 16.7 Å². The summed E-state index contributed by atoms with van der Waals surface area (Å²) in [6, 6.07) is 2.95. The van der Waals surface area contributed by atoms with Gasteiger partial charge in [-0.25, -0.2) is 13.6 Å². The molecule has 72 valence electrons. The Bertz CT molecular complexity index is 440. The quantitative estimate of drug-likeness (QED) is 0.780. The lowest BCUT2D eigenvalue weighted by Gasteiger charge is -2.07. The fraction of sp³-hybridized carbons (Fsp3) is 0.250. The molecule has 0 saturated heterocycles. The molecule has 0 atom stereocenters. The summed E-state index contributed by atoms with van der Waals surface area (Å²) < 4.78 is 22.1. The summed E-state index contributed by atoms with van der Waals surface area (Å²) in [5, 5.41) is 5.55. The number of benzene rings is 1. The summed E-state index contributed by atoms with van der Waals surface area (Å²) in [6.45, 7) is 3.44. The van der Waals surface area contributed by atoms with Gasteiger partial charge in [0.15, 0.2) is 0 Å². The van der Waals surface area contributed by atoms with E-state index in [1.807, 2.05) is 0 Å². The number of hydrogen-bond donors (Lipinski definition) is 1. The van der Waals surface area contributed by atoms with Crippen molar-refractivity contribution in [3.8, 4) is 0 Å². The summed E-state index contributed by atoms with van der Waals surface area (Å²) >= 11 is 5.80. The van der Waals surface area contributed by atoms with Crippen LogP contribution in [0.1, 0.15) is 11.1 Å². The average molecular weight is 220 g/mol. The van der Waals surface area contributed by atoms with Gasteiger partial charge >= 0.3 is 0 Å². The molecule has 3 nitrogen and oxygen atoms in total. The number of hydrogen-bond acceptors (Lipinski definition) is 2. The summed E-state index contributed by atoms with van der Waals surface area (Å²) in [5.41, 5.74) is 1.35. The Morgan fingerprint density at radius 1 is 1.23 bits per heavy atom. The predicted octanol–water partition coefficient (Wildman–Crippen LogP) is 1.60. The highest BCUT2D eigenvalue weighted by Crippen LogP contribution is 2.23. The first kappa shape index (κ1) is 10.5. The van der Waals surface area contributed by atoms with Crippen LogP contribution >= 0.6 is 11.6 Å². The smallest absolute Gasteiger partial charge is 0.225 e. The van der Waals surface area contributed by atoms with Crippen LogP contribution in [0.3, 0.4) is 0 Å². The van der Waals surface area contributed by atoms with E-state index in [1.54, 1.807) is 13.8 Å². The minimum Gasteiger partial charge on any atom is -0.225 e. The fourth-order valence-electron chi connectivity index (χ4n) is 1.07. The van der Waals surface area contributed by atoms with Crippen molar-refractivity contribution in [1.82, 2.24) is 0 Å². The molecule has 0 aliphatic rings. The van der Waals surface area contributed by atoms with E-state index >= 15 is 0 Å². The number of sulfonamides is 1. The fourth-order valence-corrected chi connectivity index (χ4v) is 2.11. The standard InChI is InChI=1S/C8H10ClNO2S/c1-5-6(2)8(13(10,11)12)4-3-7(5)9/h3-4H,1-2H3,(H2,10,11,12). The van der Waals surface area contributed by atoms with E-state index in [1.165, 1.54) is 12.1 Å². The zero-order valence-corrected chi connectivity index (χ0v) is 8.91. The van der Waals surface area contributed by atoms with Gasteiger partial charge in [-0.3, -0.25) is 0 Å². The maximum absolute atomic E-state index is 11.1. The van der Waals surface area contributed by atoms with Crippen molar-refractivity contribution in [2.24, 2.45) is 5.14 Å². The SMILES string of the molecule is Cc1c(Cl)ccc(S(N)(=O)=O)c1C. The van der Waals surface area contributed by atoms with Gasteiger partial charge in [0.2, 0.25) is 10.0 Å². The third-order valence-corrected chi connectivity index (χ3v) is 3.44. The lowest BCUT2D eigenvalue weighted by Crippen LogP contribution is -2.14. The first-order chi connectivity index (χ1) is 5.84. The van der Waals surface area contributed by atoms with Crippen LogP contribution in [-0.2, 0) is 10.0 Å². The van der Waals surface area contributed by atoms with Gasteiger partial charge in [0, 0.05) is 5.02 Å². The van der Waals surface area contributed by atoms with Gasteiger partial charge in [-0.15, -0.1) is 0 Å².